The van der Waals surface area contributed by atoms with E-state index in [0.29, 0.717) is 53.5 Å². The number of piperidine rings is 1. The van der Waals surface area contributed by atoms with Crippen molar-refractivity contribution in [3.63, 3.8) is 0 Å². The molecule has 0 radical (unpaired) electrons. The number of hydrogen-bond acceptors (Lipinski definition) is 7. The molecule has 158 valence electrons. The molecule has 2 aliphatic rings. The van der Waals surface area contributed by atoms with E-state index in [4.69, 9.17) is 4.52 Å². The van der Waals surface area contributed by atoms with Crippen LogP contribution in [0.1, 0.15) is 17.6 Å². The summed E-state index contributed by atoms with van der Waals surface area (Å²) in [6.07, 6.45) is 2.96. The zero-order valence-electron chi connectivity index (χ0n) is 16.4. The third kappa shape index (κ3) is 2.91. The minimum Gasteiger partial charge on any atom is -0.371 e. The van der Waals surface area contributed by atoms with E-state index in [1.165, 1.54) is 23.0 Å². The number of hydrogen-bond donors (Lipinski definition) is 0. The molecule has 0 spiro atoms. The van der Waals surface area contributed by atoms with Crippen LogP contribution in [0.5, 0.6) is 0 Å². The highest BCUT2D eigenvalue weighted by atomic mass is 19.1. The number of fused-ring (bicyclic) bond motifs is 2. The van der Waals surface area contributed by atoms with Gasteiger partial charge in [0, 0.05) is 37.8 Å². The molecule has 1 saturated carbocycles. The first kappa shape index (κ1) is 18.2. The number of imidazole rings is 1. The van der Waals surface area contributed by atoms with E-state index in [2.05, 4.69) is 20.1 Å². The van der Waals surface area contributed by atoms with Crippen LogP contribution in [0.25, 0.3) is 11.2 Å². The Balaban J connectivity index is 1.17. The van der Waals surface area contributed by atoms with Crippen LogP contribution in [0.4, 0.5) is 14.5 Å². The predicted molar refractivity (Wildman–Crippen MR) is 104 cm³/mol. The maximum atomic E-state index is 13.5. The predicted octanol–water partition coefficient (Wildman–Crippen LogP) is 1.69. The summed E-state index contributed by atoms with van der Waals surface area (Å²) < 4.78 is 35.4. The molecule has 11 heteroatoms. The van der Waals surface area contributed by atoms with Gasteiger partial charge in [-0.1, -0.05) is 5.16 Å². The van der Waals surface area contributed by atoms with Gasteiger partial charge in [-0.05, 0) is 24.0 Å². The molecule has 9 nitrogen and oxygen atoms in total. The molecule has 2 atom stereocenters. The molecule has 0 N–H and O–H groups in total. The fourth-order valence-corrected chi connectivity index (χ4v) is 4.64. The van der Waals surface area contributed by atoms with Gasteiger partial charge >= 0.3 is 0 Å². The van der Waals surface area contributed by atoms with Crippen LogP contribution in [0.3, 0.4) is 0 Å². The maximum Gasteiger partial charge on any atom is 0.280 e. The quantitative estimate of drug-likeness (QED) is 0.491. The molecule has 4 heterocycles. The molecule has 1 saturated heterocycles. The lowest BCUT2D eigenvalue weighted by atomic mass is 10.2. The number of rotatable bonds is 4. The van der Waals surface area contributed by atoms with Gasteiger partial charge in [-0.2, -0.15) is 4.98 Å². The SMILES string of the molecule is Cn1cnc2ncn(Cc3nc(C4C5CN(c6cc(F)cc(F)c6)CC54)no3)c(=O)c21. The summed E-state index contributed by atoms with van der Waals surface area (Å²) >= 11 is 0. The third-order valence-electron chi connectivity index (χ3n) is 6.19. The Morgan fingerprint density at radius 1 is 1.10 bits per heavy atom. The molecule has 6 rings (SSSR count). The number of aromatic nitrogens is 6. The van der Waals surface area contributed by atoms with Crippen molar-refractivity contribution in [1.29, 1.82) is 0 Å². The van der Waals surface area contributed by atoms with Crippen LogP contribution in [-0.2, 0) is 13.6 Å². The molecular weight excluding hydrogens is 408 g/mol. The first-order valence-electron chi connectivity index (χ1n) is 9.88. The molecule has 4 aromatic rings. The smallest absolute Gasteiger partial charge is 0.280 e. The van der Waals surface area contributed by atoms with Gasteiger partial charge in [-0.3, -0.25) is 9.36 Å². The van der Waals surface area contributed by atoms with Crippen LogP contribution < -0.4 is 10.5 Å². The molecule has 3 aromatic heterocycles. The molecule has 1 aliphatic heterocycles. The highest BCUT2D eigenvalue weighted by Crippen LogP contribution is 2.57. The summed E-state index contributed by atoms with van der Waals surface area (Å²) in [5.41, 5.74) is 1.12. The van der Waals surface area contributed by atoms with Crippen molar-refractivity contribution in [3.8, 4) is 0 Å². The van der Waals surface area contributed by atoms with E-state index in [9.17, 15) is 13.6 Å². The molecular formula is C20H17F2N7O2. The summed E-state index contributed by atoms with van der Waals surface area (Å²) in [6, 6.07) is 3.57. The van der Waals surface area contributed by atoms with Gasteiger partial charge in [0.2, 0.25) is 5.89 Å². The fraction of sp³-hybridized carbons (Fsp3) is 0.350. The zero-order chi connectivity index (χ0) is 21.3. The fourth-order valence-electron chi connectivity index (χ4n) is 4.64. The van der Waals surface area contributed by atoms with Crippen molar-refractivity contribution in [2.75, 3.05) is 18.0 Å². The van der Waals surface area contributed by atoms with Gasteiger partial charge in [0.25, 0.3) is 5.56 Å². The van der Waals surface area contributed by atoms with Gasteiger partial charge in [0.15, 0.2) is 17.0 Å². The minimum absolute atomic E-state index is 0.122. The highest BCUT2D eigenvalue weighted by Gasteiger charge is 2.58. The van der Waals surface area contributed by atoms with E-state index in [0.717, 1.165) is 6.07 Å². The van der Waals surface area contributed by atoms with E-state index < -0.39 is 11.6 Å². The van der Waals surface area contributed by atoms with Crippen LogP contribution in [0, 0.1) is 23.5 Å². The Kier molecular flexibility index (Phi) is 3.77. The molecule has 0 bridgehead atoms. The molecule has 1 aliphatic carbocycles. The highest BCUT2D eigenvalue weighted by molar-refractivity contribution is 5.68. The Hall–Kier alpha value is -3.63. The Morgan fingerprint density at radius 2 is 1.81 bits per heavy atom. The van der Waals surface area contributed by atoms with Gasteiger partial charge in [-0.25, -0.2) is 18.7 Å². The van der Waals surface area contributed by atoms with Crippen molar-refractivity contribution >= 4 is 16.9 Å². The summed E-state index contributed by atoms with van der Waals surface area (Å²) in [4.78, 5) is 27.4. The second-order valence-electron chi connectivity index (χ2n) is 8.14. The van der Waals surface area contributed by atoms with E-state index in [1.54, 1.807) is 17.9 Å². The lowest BCUT2D eigenvalue weighted by molar-refractivity contribution is 0.363. The molecule has 0 amide bonds. The van der Waals surface area contributed by atoms with Gasteiger partial charge in [0.1, 0.15) is 24.5 Å². The van der Waals surface area contributed by atoms with Crippen LogP contribution in [-0.4, -0.2) is 42.3 Å². The number of anilines is 1. The van der Waals surface area contributed by atoms with E-state index in [-0.39, 0.29) is 18.0 Å². The average Bonchev–Trinajstić information content (AvgIpc) is 3.15. The van der Waals surface area contributed by atoms with Crippen LogP contribution in [0.2, 0.25) is 0 Å². The number of benzene rings is 1. The monoisotopic (exact) mass is 425 g/mol. The summed E-state index contributed by atoms with van der Waals surface area (Å²) in [5.74, 6) is 0.556. The lowest BCUT2D eigenvalue weighted by Crippen LogP contribution is -2.24. The van der Waals surface area contributed by atoms with Crippen molar-refractivity contribution in [1.82, 2.24) is 29.2 Å². The van der Waals surface area contributed by atoms with Crippen molar-refractivity contribution < 1.29 is 13.3 Å². The number of halogens is 2. The lowest BCUT2D eigenvalue weighted by Gasteiger charge is -2.21. The van der Waals surface area contributed by atoms with Crippen LogP contribution >= 0.6 is 0 Å². The third-order valence-corrected chi connectivity index (χ3v) is 6.19. The Labute approximate surface area is 173 Å². The van der Waals surface area contributed by atoms with E-state index >= 15 is 0 Å². The minimum atomic E-state index is -0.580. The molecule has 2 fully saturated rings. The average molecular weight is 425 g/mol. The number of nitrogens with zero attached hydrogens (tertiary/aromatic N) is 7. The second kappa shape index (κ2) is 6.43. The van der Waals surface area contributed by atoms with Crippen molar-refractivity contribution in [2.24, 2.45) is 18.9 Å². The second-order valence-corrected chi connectivity index (χ2v) is 8.14. The summed E-state index contributed by atoms with van der Waals surface area (Å²) in [6.45, 7) is 1.49. The van der Waals surface area contributed by atoms with Gasteiger partial charge in [0.05, 0.1) is 6.33 Å². The van der Waals surface area contributed by atoms with Crippen molar-refractivity contribution in [3.05, 3.63) is 64.6 Å². The van der Waals surface area contributed by atoms with Crippen molar-refractivity contribution in [2.45, 2.75) is 12.5 Å². The molecule has 31 heavy (non-hydrogen) atoms. The van der Waals surface area contributed by atoms with Gasteiger partial charge < -0.3 is 14.0 Å². The first-order valence-corrected chi connectivity index (χ1v) is 9.88. The van der Waals surface area contributed by atoms with E-state index in [1.807, 2.05) is 4.90 Å². The molecule has 1 aromatic carbocycles. The maximum absolute atomic E-state index is 13.5. The summed E-state index contributed by atoms with van der Waals surface area (Å²) in [5, 5.41) is 4.10. The standard InChI is InChI=1S/C20H17F2N7O2/c1-27-8-23-19-17(27)20(30)29(9-24-19)7-15-25-18(26-31-15)16-13-5-28(6-14(13)16)12-3-10(21)2-11(22)4-12/h2-4,8-9,13-14,16H,5-7H2,1H3. The molecule has 2 unspecified atom stereocenters. The summed E-state index contributed by atoms with van der Waals surface area (Å²) in [7, 11) is 1.74. The normalized spacial score (nSPS) is 22.3. The Morgan fingerprint density at radius 3 is 2.55 bits per heavy atom. The van der Waals surface area contributed by atoms with Gasteiger partial charge in [-0.15, -0.1) is 0 Å². The number of aryl methyl sites for hydroxylation is 1. The Bertz CT molecular complexity index is 1350. The largest absolute Gasteiger partial charge is 0.371 e. The topological polar surface area (TPSA) is 94.9 Å². The van der Waals surface area contributed by atoms with Crippen LogP contribution in [0.15, 0.2) is 40.2 Å². The first-order chi connectivity index (χ1) is 15.0. The zero-order valence-corrected chi connectivity index (χ0v) is 16.4.